The molecule has 2 aromatic carbocycles. The van der Waals surface area contributed by atoms with Gasteiger partial charge in [-0.05, 0) is 30.3 Å². The number of ether oxygens (including phenoxy) is 1. The number of carbonyl (C=O) groups is 1. The van der Waals surface area contributed by atoms with E-state index in [2.05, 4.69) is 5.10 Å². The fourth-order valence-corrected chi connectivity index (χ4v) is 2.42. The normalized spacial score (nSPS) is 10.4. The van der Waals surface area contributed by atoms with E-state index in [-0.39, 0.29) is 24.4 Å². The predicted octanol–water partition coefficient (Wildman–Crippen LogP) is 2.05. The first-order valence-corrected chi connectivity index (χ1v) is 7.46. The van der Waals surface area contributed by atoms with E-state index in [0.717, 1.165) is 4.68 Å². The molecule has 124 valence electrons. The number of carboxylic acids is 1. The van der Waals surface area contributed by atoms with Crippen molar-refractivity contribution in [3.63, 3.8) is 0 Å². The van der Waals surface area contributed by atoms with Crippen molar-refractivity contribution in [1.82, 2.24) is 9.78 Å². The van der Waals surface area contributed by atoms with Crippen LogP contribution in [0.5, 0.6) is 5.75 Å². The molecule has 0 atom stereocenters. The highest BCUT2D eigenvalue weighted by atomic mass is 16.5. The Balaban J connectivity index is 1.83. The zero-order valence-electron chi connectivity index (χ0n) is 13.0. The van der Waals surface area contributed by atoms with Gasteiger partial charge in [0.05, 0.1) is 23.6 Å². The van der Waals surface area contributed by atoms with Crippen LogP contribution in [0.25, 0.3) is 10.8 Å². The number of aromatic nitrogens is 2. The number of benzene rings is 2. The minimum absolute atomic E-state index is 0.101. The Hall–Kier alpha value is -3.66. The van der Waals surface area contributed by atoms with E-state index < -0.39 is 5.97 Å². The Bertz CT molecular complexity index is 1030. The van der Waals surface area contributed by atoms with Gasteiger partial charge in [-0.3, -0.25) is 4.79 Å². The first-order valence-electron chi connectivity index (χ1n) is 7.46. The molecule has 0 saturated heterocycles. The molecule has 7 nitrogen and oxygen atoms in total. The molecular formula is C18H13N3O4. The van der Waals surface area contributed by atoms with E-state index in [1.54, 1.807) is 48.5 Å². The summed E-state index contributed by atoms with van der Waals surface area (Å²) >= 11 is 0. The van der Waals surface area contributed by atoms with Crippen molar-refractivity contribution >= 4 is 16.7 Å². The molecule has 3 rings (SSSR count). The van der Waals surface area contributed by atoms with Crippen LogP contribution in [0.15, 0.2) is 53.3 Å². The number of nitrogens with zero attached hydrogens (tertiary/aromatic N) is 3. The van der Waals surface area contributed by atoms with Gasteiger partial charge in [0.25, 0.3) is 5.56 Å². The number of aromatic carboxylic acids is 1. The van der Waals surface area contributed by atoms with Crippen molar-refractivity contribution in [1.29, 1.82) is 5.26 Å². The maximum absolute atomic E-state index is 12.4. The van der Waals surface area contributed by atoms with Gasteiger partial charge in [-0.1, -0.05) is 18.2 Å². The third kappa shape index (κ3) is 3.33. The Morgan fingerprint density at radius 2 is 1.84 bits per heavy atom. The highest BCUT2D eigenvalue weighted by molar-refractivity contribution is 6.01. The van der Waals surface area contributed by atoms with Crippen molar-refractivity contribution in [2.45, 2.75) is 6.54 Å². The van der Waals surface area contributed by atoms with Crippen LogP contribution in [0.4, 0.5) is 0 Å². The average Bonchev–Trinajstić information content (AvgIpc) is 2.64. The van der Waals surface area contributed by atoms with Crippen molar-refractivity contribution < 1.29 is 14.6 Å². The zero-order chi connectivity index (χ0) is 17.8. The monoisotopic (exact) mass is 335 g/mol. The quantitative estimate of drug-likeness (QED) is 0.765. The molecule has 0 unspecified atom stereocenters. The van der Waals surface area contributed by atoms with E-state index in [1.165, 1.54) is 0 Å². The number of fused-ring (bicyclic) bond motifs is 1. The number of hydrogen-bond acceptors (Lipinski definition) is 5. The maximum Gasteiger partial charge on any atom is 0.357 e. The van der Waals surface area contributed by atoms with Gasteiger partial charge in [-0.15, -0.1) is 0 Å². The molecule has 1 aromatic heterocycles. The first kappa shape index (κ1) is 16.2. The van der Waals surface area contributed by atoms with Crippen LogP contribution in [0, 0.1) is 11.3 Å². The Morgan fingerprint density at radius 1 is 1.16 bits per heavy atom. The molecule has 1 heterocycles. The lowest BCUT2D eigenvalue weighted by Crippen LogP contribution is -2.28. The van der Waals surface area contributed by atoms with Crippen LogP contribution in [0.1, 0.15) is 16.1 Å². The van der Waals surface area contributed by atoms with Gasteiger partial charge in [-0.2, -0.15) is 10.4 Å². The molecule has 0 aliphatic rings. The van der Waals surface area contributed by atoms with Crippen molar-refractivity contribution in [2.75, 3.05) is 6.61 Å². The molecule has 0 amide bonds. The van der Waals surface area contributed by atoms with Gasteiger partial charge < -0.3 is 9.84 Å². The van der Waals surface area contributed by atoms with Gasteiger partial charge in [-0.25, -0.2) is 9.48 Å². The standard InChI is InChI=1S/C18H13N3O4/c19-11-12-5-7-13(8-6-12)25-10-9-21-17(22)15-4-2-1-3-14(15)16(20-21)18(23)24/h1-8H,9-10H2,(H,23,24). The topological polar surface area (TPSA) is 105 Å². The lowest BCUT2D eigenvalue weighted by atomic mass is 10.1. The average molecular weight is 335 g/mol. The fourth-order valence-electron chi connectivity index (χ4n) is 2.42. The number of nitriles is 1. The Morgan fingerprint density at radius 3 is 2.48 bits per heavy atom. The lowest BCUT2D eigenvalue weighted by Gasteiger charge is -2.10. The highest BCUT2D eigenvalue weighted by Gasteiger charge is 2.15. The minimum Gasteiger partial charge on any atom is -0.492 e. The Kier molecular flexibility index (Phi) is 4.44. The number of rotatable bonds is 5. The van der Waals surface area contributed by atoms with Gasteiger partial charge in [0.1, 0.15) is 12.4 Å². The van der Waals surface area contributed by atoms with E-state index in [4.69, 9.17) is 10.00 Å². The second-order valence-electron chi connectivity index (χ2n) is 5.21. The van der Waals surface area contributed by atoms with Crippen molar-refractivity contribution in [2.24, 2.45) is 0 Å². The zero-order valence-corrected chi connectivity index (χ0v) is 13.0. The SMILES string of the molecule is N#Cc1ccc(OCCn2nc(C(=O)O)c3ccccc3c2=O)cc1. The molecular weight excluding hydrogens is 322 g/mol. The smallest absolute Gasteiger partial charge is 0.357 e. The maximum atomic E-state index is 12.4. The highest BCUT2D eigenvalue weighted by Crippen LogP contribution is 2.14. The molecule has 0 bridgehead atoms. The molecule has 0 aliphatic heterocycles. The van der Waals surface area contributed by atoms with Gasteiger partial charge in [0.2, 0.25) is 0 Å². The van der Waals surface area contributed by atoms with Gasteiger partial charge in [0.15, 0.2) is 5.69 Å². The second-order valence-corrected chi connectivity index (χ2v) is 5.21. The third-order valence-electron chi connectivity index (χ3n) is 3.63. The largest absolute Gasteiger partial charge is 0.492 e. The van der Waals surface area contributed by atoms with Crippen molar-refractivity contribution in [3.8, 4) is 11.8 Å². The van der Waals surface area contributed by atoms with Crippen LogP contribution in [-0.4, -0.2) is 27.5 Å². The summed E-state index contributed by atoms with van der Waals surface area (Å²) < 4.78 is 6.61. The lowest BCUT2D eigenvalue weighted by molar-refractivity contribution is 0.0689. The fraction of sp³-hybridized carbons (Fsp3) is 0.111. The van der Waals surface area contributed by atoms with Crippen LogP contribution >= 0.6 is 0 Å². The molecule has 0 fully saturated rings. The summed E-state index contributed by atoms with van der Waals surface area (Å²) in [5.41, 5.74) is -0.0246. The number of carboxylic acid groups (broad SMARTS) is 1. The number of hydrogen-bond donors (Lipinski definition) is 1. The molecule has 0 aliphatic carbocycles. The van der Waals surface area contributed by atoms with E-state index in [9.17, 15) is 14.7 Å². The van der Waals surface area contributed by atoms with E-state index in [0.29, 0.717) is 22.1 Å². The third-order valence-corrected chi connectivity index (χ3v) is 3.63. The summed E-state index contributed by atoms with van der Waals surface area (Å²) in [6, 6.07) is 15.0. The molecule has 0 saturated carbocycles. The molecule has 25 heavy (non-hydrogen) atoms. The minimum atomic E-state index is -1.20. The van der Waals surface area contributed by atoms with Gasteiger partial charge >= 0.3 is 5.97 Å². The molecule has 1 N–H and O–H groups in total. The van der Waals surface area contributed by atoms with Crippen LogP contribution in [-0.2, 0) is 6.54 Å². The summed E-state index contributed by atoms with van der Waals surface area (Å²) in [6.45, 7) is 0.236. The predicted molar refractivity (Wildman–Crippen MR) is 89.6 cm³/mol. The molecule has 0 radical (unpaired) electrons. The molecule has 0 spiro atoms. The van der Waals surface area contributed by atoms with Crippen LogP contribution in [0.3, 0.4) is 0 Å². The van der Waals surface area contributed by atoms with Gasteiger partial charge in [0, 0.05) is 5.39 Å². The Labute approximate surface area is 142 Å². The molecule has 7 heteroatoms. The van der Waals surface area contributed by atoms with Crippen molar-refractivity contribution in [3.05, 3.63) is 70.1 Å². The molecule has 3 aromatic rings. The second kappa shape index (κ2) is 6.84. The summed E-state index contributed by atoms with van der Waals surface area (Å²) in [5.74, 6) is -0.649. The summed E-state index contributed by atoms with van der Waals surface area (Å²) in [6.07, 6.45) is 0. The van der Waals surface area contributed by atoms with E-state index in [1.807, 2.05) is 6.07 Å². The van der Waals surface area contributed by atoms with Crippen LogP contribution in [0.2, 0.25) is 0 Å². The summed E-state index contributed by atoms with van der Waals surface area (Å²) in [7, 11) is 0. The first-order chi connectivity index (χ1) is 12.1. The summed E-state index contributed by atoms with van der Waals surface area (Å²) in [5, 5.41) is 22.6. The van der Waals surface area contributed by atoms with Crippen LogP contribution < -0.4 is 10.3 Å². The summed E-state index contributed by atoms with van der Waals surface area (Å²) in [4.78, 5) is 23.8. The van der Waals surface area contributed by atoms with E-state index >= 15 is 0 Å².